The fraction of sp³-hybridized carbons (Fsp3) is 1.00. The maximum absolute atomic E-state index is 5.69. The van der Waals surface area contributed by atoms with Gasteiger partial charge in [0.05, 0.1) is 5.38 Å². The number of alkyl halides is 3. The lowest BCUT2D eigenvalue weighted by Crippen LogP contribution is -2.19. The first-order valence-corrected chi connectivity index (χ1v) is 3.79. The van der Waals surface area contributed by atoms with Gasteiger partial charge in [0.25, 0.3) is 0 Å². The largest absolute Gasteiger partial charge is 0.344 e. The van der Waals surface area contributed by atoms with Crippen molar-refractivity contribution < 1.29 is 0 Å². The van der Waals surface area contributed by atoms with Gasteiger partial charge >= 0.3 is 0 Å². The van der Waals surface area contributed by atoms with Crippen molar-refractivity contribution in [2.75, 3.05) is 0 Å². The Kier molecular flexibility index (Phi) is 7.78. The van der Waals surface area contributed by atoms with E-state index in [1.54, 1.807) is 0 Å². The molecule has 9 heavy (non-hydrogen) atoms. The van der Waals surface area contributed by atoms with Crippen LogP contribution in [0.15, 0.2) is 0 Å². The van der Waals surface area contributed by atoms with E-state index in [1.165, 1.54) is 0 Å². The molecule has 0 aliphatic carbocycles. The molecule has 0 fully saturated rings. The Labute approximate surface area is 71.2 Å². The van der Waals surface area contributed by atoms with Crippen LogP contribution in [0.4, 0.5) is 0 Å². The van der Waals surface area contributed by atoms with Crippen molar-refractivity contribution in [3.8, 4) is 0 Å². The van der Waals surface area contributed by atoms with Crippen LogP contribution in [0.2, 0.25) is 0 Å². The van der Waals surface area contributed by atoms with Gasteiger partial charge in [0.1, 0.15) is 0 Å². The predicted molar refractivity (Wildman–Crippen MR) is 45.3 cm³/mol. The van der Waals surface area contributed by atoms with Crippen molar-refractivity contribution in [2.45, 2.75) is 30.0 Å². The first-order valence-electron chi connectivity index (χ1n) is 2.48. The zero-order chi connectivity index (χ0) is 6.73. The lowest BCUT2D eigenvalue weighted by atomic mass is 10.2. The van der Waals surface area contributed by atoms with E-state index in [-0.39, 0.29) is 22.3 Å². The van der Waals surface area contributed by atoms with E-state index in [2.05, 4.69) is 0 Å². The number of rotatable bonds is 2. The number of halogens is 3. The summed E-state index contributed by atoms with van der Waals surface area (Å²) in [6, 6.07) is 0. The second kappa shape index (κ2) is 5.60. The average Bonchev–Trinajstić information content (AvgIpc) is 1.64. The minimum atomic E-state index is -0.127. The van der Waals surface area contributed by atoms with E-state index in [9.17, 15) is 0 Å². The highest BCUT2D eigenvalue weighted by Gasteiger charge is 2.16. The van der Waals surface area contributed by atoms with Crippen LogP contribution in [0.25, 0.3) is 0 Å². The average molecular weight is 193 g/mol. The molecule has 0 amide bonds. The lowest BCUT2D eigenvalue weighted by Gasteiger charge is -2.12. The Hall–Kier alpha value is 0.830. The summed E-state index contributed by atoms with van der Waals surface area (Å²) in [5.74, 6) is 0. The molecule has 0 aromatic rings. The SMILES string of the molecule is CC(Cl)C(Cl)C(C)Cl.N. The summed E-state index contributed by atoms with van der Waals surface area (Å²) >= 11 is 16.9. The van der Waals surface area contributed by atoms with Crippen LogP contribution in [0.5, 0.6) is 0 Å². The molecule has 0 aliphatic heterocycles. The van der Waals surface area contributed by atoms with E-state index in [0.717, 1.165) is 0 Å². The van der Waals surface area contributed by atoms with Crippen LogP contribution >= 0.6 is 34.8 Å². The van der Waals surface area contributed by atoms with E-state index < -0.39 is 0 Å². The first-order chi connectivity index (χ1) is 3.55. The van der Waals surface area contributed by atoms with Crippen LogP contribution in [-0.2, 0) is 0 Å². The van der Waals surface area contributed by atoms with Gasteiger partial charge in [-0.2, -0.15) is 0 Å². The Morgan fingerprint density at radius 1 is 0.889 bits per heavy atom. The fourth-order valence-corrected chi connectivity index (χ4v) is 0.876. The molecule has 0 spiro atoms. The van der Waals surface area contributed by atoms with E-state index in [0.29, 0.717) is 0 Å². The molecule has 0 heterocycles. The van der Waals surface area contributed by atoms with Gasteiger partial charge in [-0.1, -0.05) is 0 Å². The summed E-state index contributed by atoms with van der Waals surface area (Å²) in [6.07, 6.45) is 0. The molecular formula is C5H12Cl3N. The molecule has 4 heteroatoms. The molecule has 0 rings (SSSR count). The van der Waals surface area contributed by atoms with E-state index in [1.807, 2.05) is 13.8 Å². The second-order valence-corrected chi connectivity index (χ2v) is 3.68. The van der Waals surface area contributed by atoms with Crippen LogP contribution < -0.4 is 6.15 Å². The standard InChI is InChI=1S/C5H9Cl3.H3N/c1-3(6)5(8)4(2)7;/h3-5H,1-2H3;1H3. The Morgan fingerprint density at radius 3 is 1.11 bits per heavy atom. The molecule has 0 saturated carbocycles. The second-order valence-electron chi connectivity index (χ2n) is 1.80. The van der Waals surface area contributed by atoms with Crippen molar-refractivity contribution in [1.82, 2.24) is 6.15 Å². The fourth-order valence-electron chi connectivity index (χ4n) is 0.365. The molecule has 2 unspecified atom stereocenters. The first kappa shape index (κ1) is 12.5. The van der Waals surface area contributed by atoms with E-state index in [4.69, 9.17) is 34.8 Å². The zero-order valence-electron chi connectivity index (χ0n) is 5.57. The summed E-state index contributed by atoms with van der Waals surface area (Å²) in [7, 11) is 0. The van der Waals surface area contributed by atoms with Crippen LogP contribution in [0, 0.1) is 0 Å². The maximum atomic E-state index is 5.69. The Bertz CT molecular complexity index is 57.2. The van der Waals surface area contributed by atoms with Gasteiger partial charge in [-0.25, -0.2) is 0 Å². The summed E-state index contributed by atoms with van der Waals surface area (Å²) in [5.41, 5.74) is 0. The van der Waals surface area contributed by atoms with E-state index >= 15 is 0 Å². The Balaban J connectivity index is 0. The van der Waals surface area contributed by atoms with Crippen molar-refractivity contribution in [1.29, 1.82) is 0 Å². The third-order valence-corrected chi connectivity index (χ3v) is 2.43. The van der Waals surface area contributed by atoms with Crippen molar-refractivity contribution in [3.05, 3.63) is 0 Å². The molecule has 0 saturated heterocycles. The molecular weight excluding hydrogens is 180 g/mol. The highest BCUT2D eigenvalue weighted by molar-refractivity contribution is 6.34. The van der Waals surface area contributed by atoms with Crippen molar-refractivity contribution in [2.24, 2.45) is 0 Å². The predicted octanol–water partition coefficient (Wildman–Crippen LogP) is 3.01. The van der Waals surface area contributed by atoms with Gasteiger partial charge in [-0.15, -0.1) is 34.8 Å². The minimum absolute atomic E-state index is 0. The quantitative estimate of drug-likeness (QED) is 0.671. The van der Waals surface area contributed by atoms with Gasteiger partial charge in [-0.3, -0.25) is 0 Å². The van der Waals surface area contributed by atoms with Crippen LogP contribution in [0.1, 0.15) is 13.8 Å². The topological polar surface area (TPSA) is 35.0 Å². The number of hydrogen-bond donors (Lipinski definition) is 1. The summed E-state index contributed by atoms with van der Waals surface area (Å²) in [6.45, 7) is 3.66. The molecule has 0 bridgehead atoms. The molecule has 58 valence electrons. The molecule has 2 atom stereocenters. The normalized spacial score (nSPS) is 19.7. The third kappa shape index (κ3) is 5.28. The highest BCUT2D eigenvalue weighted by Crippen LogP contribution is 2.16. The molecule has 3 N–H and O–H groups in total. The molecule has 1 nitrogen and oxygen atoms in total. The molecule has 0 radical (unpaired) electrons. The summed E-state index contributed by atoms with van der Waals surface area (Å²) in [5, 5.41) is -0.230. The summed E-state index contributed by atoms with van der Waals surface area (Å²) < 4.78 is 0. The summed E-state index contributed by atoms with van der Waals surface area (Å²) in [4.78, 5) is 0. The molecule has 0 aromatic carbocycles. The highest BCUT2D eigenvalue weighted by atomic mass is 35.5. The van der Waals surface area contributed by atoms with Gasteiger partial charge < -0.3 is 6.15 Å². The smallest absolute Gasteiger partial charge is 0.0657 e. The van der Waals surface area contributed by atoms with Gasteiger partial charge in [0.15, 0.2) is 0 Å². The number of hydrogen-bond acceptors (Lipinski definition) is 1. The van der Waals surface area contributed by atoms with Crippen molar-refractivity contribution >= 4 is 34.8 Å². The minimum Gasteiger partial charge on any atom is -0.344 e. The molecule has 0 aliphatic rings. The zero-order valence-corrected chi connectivity index (χ0v) is 7.84. The van der Waals surface area contributed by atoms with Gasteiger partial charge in [-0.05, 0) is 13.8 Å². The maximum Gasteiger partial charge on any atom is 0.0657 e. The lowest BCUT2D eigenvalue weighted by molar-refractivity contribution is 0.797. The van der Waals surface area contributed by atoms with Gasteiger partial charge in [0.2, 0.25) is 0 Å². The molecule has 0 aromatic heterocycles. The van der Waals surface area contributed by atoms with Crippen LogP contribution in [-0.4, -0.2) is 16.1 Å². The monoisotopic (exact) mass is 191 g/mol. The third-order valence-electron chi connectivity index (χ3n) is 0.878. The van der Waals surface area contributed by atoms with Gasteiger partial charge in [0, 0.05) is 10.8 Å². The Morgan fingerprint density at radius 2 is 1.11 bits per heavy atom. The van der Waals surface area contributed by atoms with Crippen molar-refractivity contribution in [3.63, 3.8) is 0 Å². The van der Waals surface area contributed by atoms with Crippen LogP contribution in [0.3, 0.4) is 0 Å².